The molecule has 1 saturated heterocycles. The molecule has 2 aliphatic heterocycles. The Balaban J connectivity index is 1.21. The predicted molar refractivity (Wildman–Crippen MR) is 150 cm³/mol. The van der Waals surface area contributed by atoms with Crippen LogP contribution in [-0.4, -0.2) is 66.5 Å². The average molecular weight is 566 g/mol. The van der Waals surface area contributed by atoms with Gasteiger partial charge in [0.25, 0.3) is 0 Å². The highest BCUT2D eigenvalue weighted by Crippen LogP contribution is 2.44. The standard InChI is InChI=1S/C28H31N5O4S2/c1-20-18-31(15-16-33(20)39(36,37)24-7-8-25-21(17-24)11-14-32(25)19-34)27-29-26(30-38-27)28(12-9-23(35)10-13-28)22-5-3-2-4-6-22/h2-8,17,19-20H,9-16,18H2,1H3. The van der Waals surface area contributed by atoms with Gasteiger partial charge < -0.3 is 9.80 Å². The summed E-state index contributed by atoms with van der Waals surface area (Å²) in [5, 5.41) is 0.785. The van der Waals surface area contributed by atoms with E-state index in [-0.39, 0.29) is 22.1 Å². The van der Waals surface area contributed by atoms with Crippen molar-refractivity contribution in [1.29, 1.82) is 0 Å². The number of amides is 1. The van der Waals surface area contributed by atoms with Crippen molar-refractivity contribution < 1.29 is 18.0 Å². The van der Waals surface area contributed by atoms with E-state index in [9.17, 15) is 18.0 Å². The smallest absolute Gasteiger partial charge is 0.243 e. The van der Waals surface area contributed by atoms with Crippen LogP contribution in [0.2, 0.25) is 0 Å². The predicted octanol–water partition coefficient (Wildman–Crippen LogP) is 3.39. The summed E-state index contributed by atoms with van der Waals surface area (Å²) in [6.07, 6.45) is 3.87. The summed E-state index contributed by atoms with van der Waals surface area (Å²) < 4.78 is 33.6. The van der Waals surface area contributed by atoms with Crippen LogP contribution in [0.15, 0.2) is 53.4 Å². The van der Waals surface area contributed by atoms with Gasteiger partial charge in [0.2, 0.25) is 21.6 Å². The number of Topliss-reactive ketones (excluding diaryl/α,β-unsaturated/α-hetero) is 1. The molecule has 1 amide bonds. The third kappa shape index (κ3) is 4.56. The van der Waals surface area contributed by atoms with Gasteiger partial charge in [0, 0.05) is 62.3 Å². The minimum atomic E-state index is -3.69. The number of sulfonamides is 1. The molecule has 2 aromatic carbocycles. The van der Waals surface area contributed by atoms with Gasteiger partial charge in [-0.05, 0) is 55.5 Å². The van der Waals surface area contributed by atoms with Crippen LogP contribution in [0.1, 0.15) is 49.6 Å². The van der Waals surface area contributed by atoms with Crippen molar-refractivity contribution in [3.8, 4) is 0 Å². The number of hydrogen-bond donors (Lipinski definition) is 0. The molecule has 11 heteroatoms. The molecule has 1 unspecified atom stereocenters. The maximum Gasteiger partial charge on any atom is 0.243 e. The Hall–Kier alpha value is -3.15. The molecule has 1 aliphatic carbocycles. The molecule has 1 atom stereocenters. The molecule has 1 aromatic heterocycles. The molecule has 9 nitrogen and oxygen atoms in total. The van der Waals surface area contributed by atoms with Crippen LogP contribution < -0.4 is 9.80 Å². The minimum Gasteiger partial charge on any atom is -0.344 e. The number of rotatable bonds is 6. The first-order valence-electron chi connectivity index (χ1n) is 13.3. The van der Waals surface area contributed by atoms with Gasteiger partial charge in [-0.15, -0.1) is 0 Å². The zero-order chi connectivity index (χ0) is 27.2. The van der Waals surface area contributed by atoms with Gasteiger partial charge in [0.1, 0.15) is 5.78 Å². The molecule has 1 saturated carbocycles. The van der Waals surface area contributed by atoms with E-state index in [4.69, 9.17) is 9.36 Å². The fourth-order valence-corrected chi connectivity index (χ4v) is 8.63. The van der Waals surface area contributed by atoms with Crippen molar-refractivity contribution in [2.75, 3.05) is 36.0 Å². The third-order valence-corrected chi connectivity index (χ3v) is 11.2. The summed E-state index contributed by atoms with van der Waals surface area (Å²) in [5.74, 6) is 1.04. The normalized spacial score (nSPS) is 21.7. The zero-order valence-corrected chi connectivity index (χ0v) is 23.5. The summed E-state index contributed by atoms with van der Waals surface area (Å²) in [7, 11) is -3.69. The van der Waals surface area contributed by atoms with Gasteiger partial charge in [-0.2, -0.15) is 8.68 Å². The minimum absolute atomic E-state index is 0.258. The molecule has 0 N–H and O–H groups in total. The molecule has 39 heavy (non-hydrogen) atoms. The zero-order valence-electron chi connectivity index (χ0n) is 21.8. The molecule has 6 rings (SSSR count). The molecule has 3 aromatic rings. The monoisotopic (exact) mass is 565 g/mol. The number of hydrogen-bond acceptors (Lipinski definition) is 8. The largest absolute Gasteiger partial charge is 0.344 e. The Kier molecular flexibility index (Phi) is 6.76. The average Bonchev–Trinajstić information content (AvgIpc) is 3.61. The Morgan fingerprint density at radius 2 is 1.79 bits per heavy atom. The topological polar surface area (TPSA) is 104 Å². The van der Waals surface area contributed by atoms with E-state index in [1.165, 1.54) is 11.5 Å². The van der Waals surface area contributed by atoms with Crippen molar-refractivity contribution in [2.45, 2.75) is 55.4 Å². The number of piperazine rings is 1. The van der Waals surface area contributed by atoms with E-state index in [1.54, 1.807) is 27.4 Å². The molecule has 0 radical (unpaired) electrons. The van der Waals surface area contributed by atoms with Crippen LogP contribution in [0.25, 0.3) is 0 Å². The summed E-state index contributed by atoms with van der Waals surface area (Å²) in [6.45, 7) is 3.86. The number of anilines is 2. The van der Waals surface area contributed by atoms with Gasteiger partial charge in [-0.25, -0.2) is 13.4 Å². The van der Waals surface area contributed by atoms with E-state index in [1.807, 2.05) is 25.1 Å². The molecule has 204 valence electrons. The van der Waals surface area contributed by atoms with Crippen molar-refractivity contribution >= 4 is 44.6 Å². The molecule has 0 bridgehead atoms. The van der Waals surface area contributed by atoms with Crippen LogP contribution in [-0.2, 0) is 31.4 Å². The van der Waals surface area contributed by atoms with Crippen LogP contribution in [0, 0.1) is 0 Å². The van der Waals surface area contributed by atoms with Gasteiger partial charge >= 0.3 is 0 Å². The quantitative estimate of drug-likeness (QED) is 0.422. The van der Waals surface area contributed by atoms with Crippen LogP contribution in [0.5, 0.6) is 0 Å². The third-order valence-electron chi connectivity index (χ3n) is 8.38. The maximum atomic E-state index is 13.6. The summed E-state index contributed by atoms with van der Waals surface area (Å²) in [5.41, 5.74) is 2.42. The Bertz CT molecular complexity index is 1500. The molecular weight excluding hydrogens is 534 g/mol. The van der Waals surface area contributed by atoms with E-state index in [0.29, 0.717) is 58.3 Å². The SMILES string of the molecule is CC1CN(c2nc(C3(c4ccccc4)CCC(=O)CC3)ns2)CCN1S(=O)(=O)c1ccc2c(c1)CCN2C=O. The number of ketones is 1. The summed E-state index contributed by atoms with van der Waals surface area (Å²) in [6, 6.07) is 15.0. The first-order chi connectivity index (χ1) is 18.8. The number of carbonyl (C=O) groups excluding carboxylic acids is 2. The second-order valence-corrected chi connectivity index (χ2v) is 13.3. The first-order valence-corrected chi connectivity index (χ1v) is 15.6. The number of aromatic nitrogens is 2. The summed E-state index contributed by atoms with van der Waals surface area (Å²) in [4.78, 5) is 32.3. The van der Waals surface area contributed by atoms with Crippen molar-refractivity contribution in [1.82, 2.24) is 13.7 Å². The molecular formula is C28H31N5O4S2. The number of fused-ring (bicyclic) bond motifs is 1. The van der Waals surface area contributed by atoms with E-state index in [0.717, 1.165) is 34.2 Å². The van der Waals surface area contributed by atoms with E-state index >= 15 is 0 Å². The van der Waals surface area contributed by atoms with Crippen LogP contribution in [0.3, 0.4) is 0 Å². The van der Waals surface area contributed by atoms with Gasteiger partial charge in [0.15, 0.2) is 5.82 Å². The van der Waals surface area contributed by atoms with Crippen LogP contribution >= 0.6 is 11.5 Å². The molecule has 2 fully saturated rings. The van der Waals surface area contributed by atoms with Gasteiger partial charge in [-0.1, -0.05) is 30.3 Å². The highest BCUT2D eigenvalue weighted by molar-refractivity contribution is 7.89. The van der Waals surface area contributed by atoms with Gasteiger partial charge in [-0.3, -0.25) is 9.59 Å². The first kappa shape index (κ1) is 26.1. The fraction of sp³-hybridized carbons (Fsp3) is 0.429. The van der Waals surface area contributed by atoms with E-state index in [2.05, 4.69) is 17.0 Å². The molecule has 3 heterocycles. The Morgan fingerprint density at radius 1 is 1.03 bits per heavy atom. The second kappa shape index (κ2) is 10.1. The second-order valence-electron chi connectivity index (χ2n) is 10.6. The summed E-state index contributed by atoms with van der Waals surface area (Å²) >= 11 is 1.35. The van der Waals surface area contributed by atoms with Crippen molar-refractivity contribution in [2.24, 2.45) is 0 Å². The van der Waals surface area contributed by atoms with Crippen molar-refractivity contribution in [3.05, 3.63) is 65.5 Å². The van der Waals surface area contributed by atoms with Crippen molar-refractivity contribution in [3.63, 3.8) is 0 Å². The maximum absolute atomic E-state index is 13.6. The highest BCUT2D eigenvalue weighted by Gasteiger charge is 2.42. The Labute approximate surface area is 232 Å². The number of carbonyl (C=O) groups is 2. The highest BCUT2D eigenvalue weighted by atomic mass is 32.2. The van der Waals surface area contributed by atoms with Crippen LogP contribution in [0.4, 0.5) is 10.8 Å². The molecule has 3 aliphatic rings. The number of nitrogens with zero attached hydrogens (tertiary/aromatic N) is 5. The number of benzene rings is 2. The Morgan fingerprint density at radius 3 is 2.51 bits per heavy atom. The molecule has 0 spiro atoms. The lowest BCUT2D eigenvalue weighted by molar-refractivity contribution is -0.121. The van der Waals surface area contributed by atoms with Gasteiger partial charge in [0.05, 0.1) is 10.3 Å². The lowest BCUT2D eigenvalue weighted by atomic mass is 9.68. The lowest BCUT2D eigenvalue weighted by Gasteiger charge is -2.39. The van der Waals surface area contributed by atoms with E-state index < -0.39 is 10.0 Å². The lowest BCUT2D eigenvalue weighted by Crippen LogP contribution is -2.54. The fourth-order valence-electron chi connectivity index (χ4n) is 6.17.